The predicted molar refractivity (Wildman–Crippen MR) is 87.5 cm³/mol. The standard InChI is InChI=1S/C17H22N4O3/c1-12-19-17-6-3-13(10-21(17)20-12)18-7-2-8-22-14-4-5-15-16(9-14)24-11-23-15/h4-5,9,13,18H,2-3,6-8,10-11H2,1H3/t13-/m0/s1. The van der Waals surface area contributed by atoms with Gasteiger partial charge in [-0.25, -0.2) is 9.67 Å². The van der Waals surface area contributed by atoms with Gasteiger partial charge < -0.3 is 19.5 Å². The average molecular weight is 330 g/mol. The number of rotatable bonds is 6. The van der Waals surface area contributed by atoms with Gasteiger partial charge in [0.25, 0.3) is 0 Å². The zero-order valence-electron chi connectivity index (χ0n) is 13.8. The minimum absolute atomic E-state index is 0.289. The van der Waals surface area contributed by atoms with Crippen LogP contribution in [0.1, 0.15) is 24.5 Å². The van der Waals surface area contributed by atoms with Gasteiger partial charge in [0.05, 0.1) is 13.2 Å². The maximum Gasteiger partial charge on any atom is 0.231 e. The molecule has 0 saturated heterocycles. The number of fused-ring (bicyclic) bond motifs is 2. The lowest BCUT2D eigenvalue weighted by Gasteiger charge is -2.23. The molecule has 0 aliphatic carbocycles. The fourth-order valence-electron chi connectivity index (χ4n) is 3.14. The molecule has 1 N–H and O–H groups in total. The number of nitrogens with zero attached hydrogens (tertiary/aromatic N) is 3. The van der Waals surface area contributed by atoms with Crippen LogP contribution in [0, 0.1) is 6.92 Å². The van der Waals surface area contributed by atoms with Gasteiger partial charge in [-0.2, -0.15) is 5.10 Å². The zero-order valence-corrected chi connectivity index (χ0v) is 13.8. The number of hydrogen-bond acceptors (Lipinski definition) is 6. The van der Waals surface area contributed by atoms with E-state index < -0.39 is 0 Å². The first-order valence-electron chi connectivity index (χ1n) is 8.44. The lowest BCUT2D eigenvalue weighted by atomic mass is 10.1. The van der Waals surface area contributed by atoms with Crippen LogP contribution >= 0.6 is 0 Å². The molecular formula is C17H22N4O3. The molecule has 2 aliphatic rings. The lowest BCUT2D eigenvalue weighted by molar-refractivity contribution is 0.173. The summed E-state index contributed by atoms with van der Waals surface area (Å²) in [4.78, 5) is 4.44. The first-order chi connectivity index (χ1) is 11.8. The first-order valence-corrected chi connectivity index (χ1v) is 8.44. The number of benzene rings is 1. The Balaban J connectivity index is 1.17. The predicted octanol–water partition coefficient (Wildman–Crippen LogP) is 1.69. The van der Waals surface area contributed by atoms with Crippen molar-refractivity contribution in [3.05, 3.63) is 29.8 Å². The van der Waals surface area contributed by atoms with Crippen molar-refractivity contribution in [3.8, 4) is 17.2 Å². The SMILES string of the molecule is Cc1nc2n(n1)C[C@@H](NCCCOc1ccc3c(c1)OCO3)CC2. The van der Waals surface area contributed by atoms with E-state index >= 15 is 0 Å². The summed E-state index contributed by atoms with van der Waals surface area (Å²) in [7, 11) is 0. The second-order valence-corrected chi connectivity index (χ2v) is 6.16. The van der Waals surface area contributed by atoms with E-state index in [0.717, 1.165) is 61.2 Å². The van der Waals surface area contributed by atoms with Crippen molar-refractivity contribution in [2.24, 2.45) is 0 Å². The van der Waals surface area contributed by atoms with E-state index in [-0.39, 0.29) is 6.79 Å². The number of nitrogens with one attached hydrogen (secondary N) is 1. The van der Waals surface area contributed by atoms with Gasteiger partial charge in [-0.3, -0.25) is 0 Å². The Morgan fingerprint density at radius 3 is 3.21 bits per heavy atom. The summed E-state index contributed by atoms with van der Waals surface area (Å²) in [6, 6.07) is 6.14. The highest BCUT2D eigenvalue weighted by Crippen LogP contribution is 2.35. The summed E-state index contributed by atoms with van der Waals surface area (Å²) in [6.07, 6.45) is 3.06. The Kier molecular flexibility index (Phi) is 4.25. The van der Waals surface area contributed by atoms with Gasteiger partial charge in [-0.1, -0.05) is 0 Å². The zero-order chi connectivity index (χ0) is 16.4. The third-order valence-corrected chi connectivity index (χ3v) is 4.33. The van der Waals surface area contributed by atoms with Crippen LogP contribution in [0.3, 0.4) is 0 Å². The smallest absolute Gasteiger partial charge is 0.231 e. The van der Waals surface area contributed by atoms with E-state index in [0.29, 0.717) is 12.6 Å². The number of ether oxygens (including phenoxy) is 3. The summed E-state index contributed by atoms with van der Waals surface area (Å²) < 4.78 is 18.4. The van der Waals surface area contributed by atoms with Crippen LogP contribution in [0.5, 0.6) is 17.2 Å². The van der Waals surface area contributed by atoms with Gasteiger partial charge in [-0.15, -0.1) is 0 Å². The first kappa shape index (κ1) is 15.3. The Labute approximate surface area is 140 Å². The van der Waals surface area contributed by atoms with Crippen LogP contribution in [0.25, 0.3) is 0 Å². The molecule has 1 atom stereocenters. The highest BCUT2D eigenvalue weighted by atomic mass is 16.7. The molecule has 0 radical (unpaired) electrons. The molecule has 1 aromatic carbocycles. The molecule has 0 fully saturated rings. The van der Waals surface area contributed by atoms with Crippen molar-refractivity contribution < 1.29 is 14.2 Å². The van der Waals surface area contributed by atoms with Crippen LogP contribution in [-0.2, 0) is 13.0 Å². The fourth-order valence-corrected chi connectivity index (χ4v) is 3.14. The minimum Gasteiger partial charge on any atom is -0.493 e. The Hall–Kier alpha value is -2.28. The Bertz CT molecular complexity index is 716. The molecule has 128 valence electrons. The van der Waals surface area contributed by atoms with Crippen molar-refractivity contribution in [2.45, 2.75) is 38.8 Å². The van der Waals surface area contributed by atoms with Gasteiger partial charge in [0.1, 0.15) is 17.4 Å². The summed E-state index contributed by atoms with van der Waals surface area (Å²) in [5, 5.41) is 8.02. The van der Waals surface area contributed by atoms with Gasteiger partial charge in [-0.05, 0) is 38.4 Å². The highest BCUT2D eigenvalue weighted by molar-refractivity contribution is 5.46. The minimum atomic E-state index is 0.289. The summed E-state index contributed by atoms with van der Waals surface area (Å²) in [6.45, 7) is 4.74. The van der Waals surface area contributed by atoms with Crippen LogP contribution in [0.15, 0.2) is 18.2 Å². The molecule has 2 aliphatic heterocycles. The molecule has 4 rings (SSSR count). The van der Waals surface area contributed by atoms with Crippen molar-refractivity contribution in [1.29, 1.82) is 0 Å². The van der Waals surface area contributed by atoms with Crippen LogP contribution < -0.4 is 19.5 Å². The third kappa shape index (κ3) is 3.31. The maximum atomic E-state index is 5.78. The summed E-state index contributed by atoms with van der Waals surface area (Å²) in [5.74, 6) is 4.33. The third-order valence-electron chi connectivity index (χ3n) is 4.33. The molecule has 0 amide bonds. The van der Waals surface area contributed by atoms with E-state index in [4.69, 9.17) is 14.2 Å². The van der Waals surface area contributed by atoms with E-state index in [1.54, 1.807) is 0 Å². The average Bonchev–Trinajstić information content (AvgIpc) is 3.18. The van der Waals surface area contributed by atoms with E-state index in [2.05, 4.69) is 15.4 Å². The summed E-state index contributed by atoms with van der Waals surface area (Å²) in [5.41, 5.74) is 0. The molecule has 0 bridgehead atoms. The quantitative estimate of drug-likeness (QED) is 0.813. The molecule has 0 spiro atoms. The molecule has 1 aromatic heterocycles. The Morgan fingerprint density at radius 1 is 1.33 bits per heavy atom. The number of hydrogen-bond donors (Lipinski definition) is 1. The molecule has 7 nitrogen and oxygen atoms in total. The second-order valence-electron chi connectivity index (χ2n) is 6.16. The van der Waals surface area contributed by atoms with Gasteiger partial charge >= 0.3 is 0 Å². The second kappa shape index (κ2) is 6.68. The van der Waals surface area contributed by atoms with Crippen LogP contribution in [0.2, 0.25) is 0 Å². The van der Waals surface area contributed by atoms with Gasteiger partial charge in [0.15, 0.2) is 11.5 Å². The molecule has 3 heterocycles. The van der Waals surface area contributed by atoms with Gasteiger partial charge in [0.2, 0.25) is 6.79 Å². The lowest BCUT2D eigenvalue weighted by Crippen LogP contribution is -2.38. The highest BCUT2D eigenvalue weighted by Gasteiger charge is 2.20. The van der Waals surface area contributed by atoms with Crippen molar-refractivity contribution >= 4 is 0 Å². The normalized spacial score (nSPS) is 18.5. The molecule has 0 unspecified atom stereocenters. The molecule has 0 saturated carbocycles. The molecule has 2 aromatic rings. The summed E-state index contributed by atoms with van der Waals surface area (Å²) >= 11 is 0. The van der Waals surface area contributed by atoms with Crippen LogP contribution in [0.4, 0.5) is 0 Å². The van der Waals surface area contributed by atoms with E-state index in [1.807, 2.05) is 29.8 Å². The molecule has 7 heteroatoms. The van der Waals surface area contributed by atoms with Crippen molar-refractivity contribution in [2.75, 3.05) is 19.9 Å². The van der Waals surface area contributed by atoms with E-state index in [1.165, 1.54) is 0 Å². The number of aromatic nitrogens is 3. The largest absolute Gasteiger partial charge is 0.493 e. The van der Waals surface area contributed by atoms with Crippen molar-refractivity contribution in [3.63, 3.8) is 0 Å². The van der Waals surface area contributed by atoms with Crippen LogP contribution in [-0.4, -0.2) is 40.8 Å². The van der Waals surface area contributed by atoms with E-state index in [9.17, 15) is 0 Å². The number of aryl methyl sites for hydroxylation is 2. The van der Waals surface area contributed by atoms with Crippen molar-refractivity contribution in [1.82, 2.24) is 20.1 Å². The topological polar surface area (TPSA) is 70.4 Å². The maximum absolute atomic E-state index is 5.78. The Morgan fingerprint density at radius 2 is 2.25 bits per heavy atom. The molecule has 24 heavy (non-hydrogen) atoms. The van der Waals surface area contributed by atoms with Gasteiger partial charge in [0, 0.05) is 18.5 Å². The fraction of sp³-hybridized carbons (Fsp3) is 0.529. The monoisotopic (exact) mass is 330 g/mol. The molecular weight excluding hydrogens is 308 g/mol.